The molecule has 5 heteroatoms. The maximum atomic E-state index is 4.56. The van der Waals surface area contributed by atoms with Gasteiger partial charge in [0.15, 0.2) is 0 Å². The maximum Gasteiger partial charge on any atom is 0.140 e. The Bertz CT molecular complexity index is 597. The first-order chi connectivity index (χ1) is 9.35. The Kier molecular flexibility index (Phi) is 2.70. The minimum atomic E-state index is 0.800. The molecule has 2 aromatic rings. The molecule has 0 radical (unpaired) electrons. The first-order valence-electron chi connectivity index (χ1n) is 7.04. The lowest BCUT2D eigenvalue weighted by atomic mass is 10.0. The summed E-state index contributed by atoms with van der Waals surface area (Å²) in [6.45, 7) is 6.81. The van der Waals surface area contributed by atoms with Crippen molar-refractivity contribution in [3.8, 4) is 0 Å². The van der Waals surface area contributed by atoms with E-state index in [0.29, 0.717) is 0 Å². The molecule has 2 aliphatic rings. The van der Waals surface area contributed by atoms with Crippen LogP contribution in [0.25, 0.3) is 10.2 Å². The minimum absolute atomic E-state index is 0.800. The highest BCUT2D eigenvalue weighted by atomic mass is 32.1. The molecule has 0 aromatic carbocycles. The third kappa shape index (κ3) is 1.83. The van der Waals surface area contributed by atoms with Crippen molar-refractivity contribution in [2.75, 3.05) is 31.1 Å². The van der Waals surface area contributed by atoms with Crippen molar-refractivity contribution < 1.29 is 0 Å². The monoisotopic (exact) mass is 274 g/mol. The first kappa shape index (κ1) is 11.6. The van der Waals surface area contributed by atoms with Gasteiger partial charge in [0, 0.05) is 31.1 Å². The Hall–Kier alpha value is -1.20. The van der Waals surface area contributed by atoms with E-state index < -0.39 is 0 Å². The summed E-state index contributed by atoms with van der Waals surface area (Å²) in [6.07, 6.45) is 2.80. The molecule has 2 fully saturated rings. The van der Waals surface area contributed by atoms with Crippen molar-refractivity contribution in [3.05, 3.63) is 17.3 Å². The van der Waals surface area contributed by atoms with E-state index in [2.05, 4.69) is 33.2 Å². The van der Waals surface area contributed by atoms with Gasteiger partial charge in [-0.3, -0.25) is 0 Å². The molecule has 4 rings (SSSR count). The van der Waals surface area contributed by atoms with Crippen LogP contribution >= 0.6 is 11.3 Å². The Morgan fingerprint density at radius 2 is 2.11 bits per heavy atom. The molecule has 0 spiro atoms. The molecule has 2 saturated heterocycles. The maximum absolute atomic E-state index is 4.56. The van der Waals surface area contributed by atoms with Gasteiger partial charge in [-0.05, 0) is 24.3 Å². The third-order valence-electron chi connectivity index (χ3n) is 4.40. The number of anilines is 1. The second-order valence-corrected chi connectivity index (χ2v) is 6.68. The van der Waals surface area contributed by atoms with Gasteiger partial charge in [0.2, 0.25) is 0 Å². The van der Waals surface area contributed by atoms with E-state index >= 15 is 0 Å². The molecule has 0 bridgehead atoms. The topological polar surface area (TPSA) is 41.0 Å². The van der Waals surface area contributed by atoms with Gasteiger partial charge in [0.25, 0.3) is 0 Å². The summed E-state index contributed by atoms with van der Waals surface area (Å²) in [7, 11) is 0. The number of nitrogens with one attached hydrogen (secondary N) is 1. The van der Waals surface area contributed by atoms with Crippen LogP contribution in [0.5, 0.6) is 0 Å². The fourth-order valence-corrected chi connectivity index (χ4v) is 4.28. The molecular weight excluding hydrogens is 256 g/mol. The highest BCUT2D eigenvalue weighted by molar-refractivity contribution is 7.18. The van der Waals surface area contributed by atoms with Crippen molar-refractivity contribution >= 4 is 27.4 Å². The number of aryl methyl sites for hydroxylation is 1. The lowest BCUT2D eigenvalue weighted by molar-refractivity contribution is 0.533. The largest absolute Gasteiger partial charge is 0.355 e. The summed E-state index contributed by atoms with van der Waals surface area (Å²) < 4.78 is 0. The lowest BCUT2D eigenvalue weighted by Crippen LogP contribution is -2.26. The van der Waals surface area contributed by atoms with Crippen molar-refractivity contribution in [2.45, 2.75) is 13.3 Å². The molecule has 2 atom stereocenters. The van der Waals surface area contributed by atoms with E-state index in [4.69, 9.17) is 0 Å². The fraction of sp³-hybridized carbons (Fsp3) is 0.571. The molecule has 2 aromatic heterocycles. The summed E-state index contributed by atoms with van der Waals surface area (Å²) in [4.78, 5) is 14.0. The average molecular weight is 274 g/mol. The predicted molar refractivity (Wildman–Crippen MR) is 78.9 cm³/mol. The van der Waals surface area contributed by atoms with Crippen molar-refractivity contribution in [1.82, 2.24) is 15.3 Å². The minimum Gasteiger partial charge on any atom is -0.355 e. The van der Waals surface area contributed by atoms with Gasteiger partial charge in [0.1, 0.15) is 17.0 Å². The summed E-state index contributed by atoms with van der Waals surface area (Å²) in [5, 5.41) is 4.74. The molecule has 4 heterocycles. The van der Waals surface area contributed by atoms with Crippen molar-refractivity contribution in [2.24, 2.45) is 11.8 Å². The quantitative estimate of drug-likeness (QED) is 0.908. The van der Waals surface area contributed by atoms with E-state index in [1.807, 2.05) is 0 Å². The van der Waals surface area contributed by atoms with Crippen LogP contribution in [-0.4, -0.2) is 36.1 Å². The molecule has 4 nitrogen and oxygen atoms in total. The normalized spacial score (nSPS) is 26.3. The van der Waals surface area contributed by atoms with Crippen molar-refractivity contribution in [1.29, 1.82) is 0 Å². The standard InChI is InChI=1S/C14H18N4S/c1-2-11-3-12-13(16-8-17-14(12)19-11)18-6-9-4-15-5-10(9)7-18/h3,8-10,15H,2,4-7H2,1H3. The molecule has 0 amide bonds. The Labute approximate surface area is 116 Å². The second-order valence-electron chi connectivity index (χ2n) is 5.57. The molecule has 0 aliphatic carbocycles. The highest BCUT2D eigenvalue weighted by Gasteiger charge is 2.37. The fourth-order valence-electron chi connectivity index (χ4n) is 3.35. The number of fused-ring (bicyclic) bond motifs is 2. The third-order valence-corrected chi connectivity index (χ3v) is 5.58. The van der Waals surface area contributed by atoms with Crippen LogP contribution in [0.15, 0.2) is 12.4 Å². The van der Waals surface area contributed by atoms with Gasteiger partial charge < -0.3 is 10.2 Å². The Balaban J connectivity index is 1.73. The van der Waals surface area contributed by atoms with Crippen LogP contribution in [0.3, 0.4) is 0 Å². The van der Waals surface area contributed by atoms with E-state index in [1.54, 1.807) is 17.7 Å². The second kappa shape index (κ2) is 4.42. The van der Waals surface area contributed by atoms with Crippen LogP contribution in [0, 0.1) is 11.8 Å². The average Bonchev–Trinajstić information content (AvgIpc) is 3.10. The number of hydrogen-bond donors (Lipinski definition) is 1. The van der Waals surface area contributed by atoms with Gasteiger partial charge in [0.05, 0.1) is 5.39 Å². The summed E-state index contributed by atoms with van der Waals surface area (Å²) in [6, 6.07) is 2.28. The summed E-state index contributed by atoms with van der Waals surface area (Å²) >= 11 is 1.80. The van der Waals surface area contributed by atoms with Crippen LogP contribution in [0.1, 0.15) is 11.8 Å². The zero-order valence-electron chi connectivity index (χ0n) is 11.1. The predicted octanol–water partition coefficient (Wildman–Crippen LogP) is 1.91. The van der Waals surface area contributed by atoms with Crippen LogP contribution in [-0.2, 0) is 6.42 Å². The number of rotatable bonds is 2. The SMILES string of the molecule is CCc1cc2c(N3CC4CNCC4C3)ncnc2s1. The van der Waals surface area contributed by atoms with Crippen LogP contribution in [0.2, 0.25) is 0 Å². The lowest BCUT2D eigenvalue weighted by Gasteiger charge is -2.18. The summed E-state index contributed by atoms with van der Waals surface area (Å²) in [5.74, 6) is 2.75. The van der Waals surface area contributed by atoms with E-state index in [0.717, 1.165) is 42.0 Å². The zero-order valence-corrected chi connectivity index (χ0v) is 11.9. The van der Waals surface area contributed by atoms with Gasteiger partial charge in [-0.1, -0.05) is 6.92 Å². The van der Waals surface area contributed by atoms with Gasteiger partial charge in [-0.2, -0.15) is 0 Å². The molecule has 1 N–H and O–H groups in total. The van der Waals surface area contributed by atoms with Crippen LogP contribution < -0.4 is 10.2 Å². The number of hydrogen-bond acceptors (Lipinski definition) is 5. The van der Waals surface area contributed by atoms with Crippen LogP contribution in [0.4, 0.5) is 5.82 Å². The van der Waals surface area contributed by atoms with Gasteiger partial charge in [-0.15, -0.1) is 11.3 Å². The van der Waals surface area contributed by atoms with E-state index in [9.17, 15) is 0 Å². The number of nitrogens with zero attached hydrogens (tertiary/aromatic N) is 3. The Morgan fingerprint density at radius 1 is 1.32 bits per heavy atom. The molecule has 2 unspecified atom stereocenters. The summed E-state index contributed by atoms with van der Waals surface area (Å²) in [5.41, 5.74) is 0. The first-order valence-corrected chi connectivity index (χ1v) is 7.86. The van der Waals surface area contributed by atoms with E-state index in [1.165, 1.54) is 23.4 Å². The molecule has 0 saturated carbocycles. The Morgan fingerprint density at radius 3 is 2.84 bits per heavy atom. The van der Waals surface area contributed by atoms with Gasteiger partial charge in [-0.25, -0.2) is 9.97 Å². The molecule has 100 valence electrons. The van der Waals surface area contributed by atoms with Crippen molar-refractivity contribution in [3.63, 3.8) is 0 Å². The van der Waals surface area contributed by atoms with Gasteiger partial charge >= 0.3 is 0 Å². The molecule has 19 heavy (non-hydrogen) atoms. The molecule has 2 aliphatic heterocycles. The highest BCUT2D eigenvalue weighted by Crippen LogP contribution is 2.35. The number of thiophene rings is 1. The van der Waals surface area contributed by atoms with E-state index in [-0.39, 0.29) is 0 Å². The molecular formula is C14H18N4S. The zero-order chi connectivity index (χ0) is 12.8. The smallest absolute Gasteiger partial charge is 0.140 e. The number of aromatic nitrogens is 2.